The number of carbonyl (C=O) groups is 4. The Morgan fingerprint density at radius 1 is 1.05 bits per heavy atom. The first kappa shape index (κ1) is 31.9. The van der Waals surface area contributed by atoms with E-state index in [1.807, 2.05) is 38.1 Å². The lowest BCUT2D eigenvalue weighted by atomic mass is 10.1. The number of ketones is 1. The van der Waals surface area contributed by atoms with Crippen molar-refractivity contribution in [1.82, 2.24) is 15.0 Å². The number of imide groups is 1. The molecule has 2 aromatic rings. The van der Waals surface area contributed by atoms with Crippen molar-refractivity contribution in [2.75, 3.05) is 31.7 Å². The quantitative estimate of drug-likeness (QED) is 0.348. The van der Waals surface area contributed by atoms with Crippen LogP contribution in [0.4, 0.5) is 5.69 Å². The smallest absolute Gasteiger partial charge is 0.296 e. The fraction of sp³-hybridized carbons (Fsp3) is 0.600. The number of aromatic nitrogens is 2. The van der Waals surface area contributed by atoms with Crippen LogP contribution in [0.15, 0.2) is 28.8 Å². The van der Waals surface area contributed by atoms with E-state index < -0.39 is 11.7 Å². The Kier molecular flexibility index (Phi) is 12.5. The fourth-order valence-electron chi connectivity index (χ4n) is 4.48. The highest BCUT2D eigenvalue weighted by Crippen LogP contribution is 2.30. The van der Waals surface area contributed by atoms with E-state index in [-0.39, 0.29) is 30.8 Å². The van der Waals surface area contributed by atoms with Crippen LogP contribution in [0.1, 0.15) is 77.4 Å². The van der Waals surface area contributed by atoms with Gasteiger partial charge in [-0.1, -0.05) is 31.1 Å². The van der Waals surface area contributed by atoms with Gasteiger partial charge in [-0.25, -0.2) is 0 Å². The number of nitrogens with zero attached hydrogens (tertiary/aromatic N) is 4. The minimum atomic E-state index is -0.628. The SMILES string of the molecule is CCCC(=O)C(=O)N(CC1CC1)C(C)=O.CCc1nc(CC(=O)N(CC2CCCCO2)c2ccccc2OC)no1. The second-order valence-corrected chi connectivity index (χ2v) is 10.4. The van der Waals surface area contributed by atoms with Gasteiger partial charge in [0.1, 0.15) is 5.75 Å². The van der Waals surface area contributed by atoms with Crippen LogP contribution in [0.3, 0.4) is 0 Å². The molecule has 2 aliphatic rings. The summed E-state index contributed by atoms with van der Waals surface area (Å²) in [5.74, 6) is 0.503. The lowest BCUT2D eigenvalue weighted by Crippen LogP contribution is -2.41. The summed E-state index contributed by atoms with van der Waals surface area (Å²) in [5, 5.41) is 3.90. The van der Waals surface area contributed by atoms with Crippen LogP contribution in [-0.4, -0.2) is 71.5 Å². The third-order valence-corrected chi connectivity index (χ3v) is 6.94. The number of anilines is 1. The zero-order valence-corrected chi connectivity index (χ0v) is 24.6. The fourth-order valence-corrected chi connectivity index (χ4v) is 4.48. The first-order valence-corrected chi connectivity index (χ1v) is 14.5. The average Bonchev–Trinajstić information content (AvgIpc) is 3.70. The van der Waals surface area contributed by atoms with E-state index in [4.69, 9.17) is 14.0 Å². The maximum absolute atomic E-state index is 13.0. The molecule has 1 atom stereocenters. The molecule has 1 aromatic carbocycles. The molecule has 1 aromatic heterocycles. The van der Waals surface area contributed by atoms with E-state index in [9.17, 15) is 19.2 Å². The number of benzene rings is 1. The van der Waals surface area contributed by atoms with Gasteiger partial charge in [-0.15, -0.1) is 0 Å². The van der Waals surface area contributed by atoms with Crippen LogP contribution < -0.4 is 9.64 Å². The molecular formula is C30H42N4O7. The summed E-state index contributed by atoms with van der Waals surface area (Å²) >= 11 is 0. The summed E-state index contributed by atoms with van der Waals surface area (Å²) in [7, 11) is 1.60. The Hall–Kier alpha value is -3.60. The number of Topliss-reactive ketones (excluding diaryl/α,β-unsaturated/α-hetero) is 1. The van der Waals surface area contributed by atoms with Crippen molar-refractivity contribution in [2.45, 2.75) is 84.7 Å². The first-order valence-electron chi connectivity index (χ1n) is 14.5. The Bertz CT molecular complexity index is 1170. The van der Waals surface area contributed by atoms with Crippen LogP contribution in [-0.2, 0) is 36.8 Å². The van der Waals surface area contributed by atoms with Crippen LogP contribution in [0.2, 0.25) is 0 Å². The lowest BCUT2D eigenvalue weighted by Gasteiger charge is -2.30. The van der Waals surface area contributed by atoms with Gasteiger partial charge in [-0.2, -0.15) is 4.98 Å². The number of rotatable bonds is 12. The van der Waals surface area contributed by atoms with Crippen molar-refractivity contribution in [3.8, 4) is 5.75 Å². The van der Waals surface area contributed by atoms with Gasteiger partial charge < -0.3 is 18.9 Å². The van der Waals surface area contributed by atoms with Crippen molar-refractivity contribution in [2.24, 2.45) is 5.92 Å². The minimum Gasteiger partial charge on any atom is -0.495 e. The number of amides is 3. The van der Waals surface area contributed by atoms with Gasteiger partial charge >= 0.3 is 0 Å². The molecule has 1 aliphatic carbocycles. The third kappa shape index (κ3) is 9.77. The molecule has 3 amide bonds. The molecule has 1 aliphatic heterocycles. The van der Waals surface area contributed by atoms with Gasteiger partial charge in [0.15, 0.2) is 5.82 Å². The van der Waals surface area contributed by atoms with Crippen molar-refractivity contribution in [3.05, 3.63) is 36.0 Å². The highest BCUT2D eigenvalue weighted by molar-refractivity contribution is 6.38. The summed E-state index contributed by atoms with van der Waals surface area (Å²) in [6.07, 6.45) is 6.85. The summed E-state index contributed by atoms with van der Waals surface area (Å²) in [5.41, 5.74) is 0.730. The van der Waals surface area contributed by atoms with E-state index in [1.165, 1.54) is 6.92 Å². The molecular weight excluding hydrogens is 528 g/mol. The predicted molar refractivity (Wildman–Crippen MR) is 151 cm³/mol. The number of hydrogen-bond donors (Lipinski definition) is 0. The van der Waals surface area contributed by atoms with Gasteiger partial charge in [-0.3, -0.25) is 24.1 Å². The minimum absolute atomic E-state index is 0.0223. The maximum atomic E-state index is 13.0. The summed E-state index contributed by atoms with van der Waals surface area (Å²) < 4.78 is 16.4. The monoisotopic (exact) mass is 570 g/mol. The second kappa shape index (κ2) is 16.0. The summed E-state index contributed by atoms with van der Waals surface area (Å²) in [6.45, 7) is 6.75. The first-order chi connectivity index (χ1) is 19.8. The second-order valence-electron chi connectivity index (χ2n) is 10.4. The molecule has 1 saturated heterocycles. The van der Waals surface area contributed by atoms with Crippen molar-refractivity contribution in [3.63, 3.8) is 0 Å². The maximum Gasteiger partial charge on any atom is 0.296 e. The van der Waals surface area contributed by atoms with Crippen molar-refractivity contribution >= 4 is 29.2 Å². The molecule has 41 heavy (non-hydrogen) atoms. The molecule has 1 saturated carbocycles. The molecule has 224 valence electrons. The number of aryl methyl sites for hydroxylation is 1. The zero-order chi connectivity index (χ0) is 29.8. The number of methoxy groups -OCH3 is 1. The van der Waals surface area contributed by atoms with Gasteiger partial charge in [0.2, 0.25) is 23.5 Å². The van der Waals surface area contributed by atoms with Crippen LogP contribution >= 0.6 is 0 Å². The van der Waals surface area contributed by atoms with Crippen LogP contribution in [0, 0.1) is 5.92 Å². The van der Waals surface area contributed by atoms with Gasteiger partial charge in [0.25, 0.3) is 5.91 Å². The van der Waals surface area contributed by atoms with E-state index in [1.54, 1.807) is 12.0 Å². The molecule has 0 spiro atoms. The standard InChI is InChI=1S/C19H25N3O4.C11H17NO3/c1-3-18-20-17(21-26-18)12-19(23)22(13-14-8-6-7-11-25-14)15-9-4-5-10-16(15)24-2;1-3-4-10(14)11(15)12(8(2)13)7-9-5-6-9/h4-5,9-10,14H,3,6-8,11-13H2,1-2H3;9H,3-7H2,1-2H3. The molecule has 1 unspecified atom stereocenters. The third-order valence-electron chi connectivity index (χ3n) is 6.94. The van der Waals surface area contributed by atoms with E-state index in [2.05, 4.69) is 10.1 Å². The number of ether oxygens (including phenoxy) is 2. The Balaban J connectivity index is 0.000000263. The van der Waals surface area contributed by atoms with Gasteiger partial charge in [0.05, 0.1) is 31.9 Å². The van der Waals surface area contributed by atoms with Gasteiger partial charge in [-0.05, 0) is 56.6 Å². The normalized spacial score (nSPS) is 16.2. The number of para-hydroxylation sites is 2. The Morgan fingerprint density at radius 3 is 2.39 bits per heavy atom. The summed E-state index contributed by atoms with van der Waals surface area (Å²) in [6, 6.07) is 7.51. The Morgan fingerprint density at radius 2 is 1.80 bits per heavy atom. The van der Waals surface area contributed by atoms with E-state index in [0.29, 0.717) is 49.3 Å². The lowest BCUT2D eigenvalue weighted by molar-refractivity contribution is -0.151. The van der Waals surface area contributed by atoms with Crippen LogP contribution in [0.25, 0.3) is 0 Å². The van der Waals surface area contributed by atoms with E-state index >= 15 is 0 Å². The number of carbonyl (C=O) groups excluding carboxylic acids is 4. The summed E-state index contributed by atoms with van der Waals surface area (Å²) in [4.78, 5) is 54.3. The molecule has 4 rings (SSSR count). The number of hydrogen-bond acceptors (Lipinski definition) is 9. The predicted octanol–water partition coefficient (Wildman–Crippen LogP) is 3.93. The van der Waals surface area contributed by atoms with Crippen molar-refractivity contribution in [1.29, 1.82) is 0 Å². The molecule has 11 heteroatoms. The zero-order valence-electron chi connectivity index (χ0n) is 24.6. The topological polar surface area (TPSA) is 132 Å². The highest BCUT2D eigenvalue weighted by Gasteiger charge is 2.31. The molecule has 11 nitrogen and oxygen atoms in total. The molecule has 0 radical (unpaired) electrons. The van der Waals surface area contributed by atoms with Gasteiger partial charge in [0, 0.05) is 32.9 Å². The molecule has 2 fully saturated rings. The molecule has 0 bridgehead atoms. The average molecular weight is 571 g/mol. The largest absolute Gasteiger partial charge is 0.495 e. The van der Waals surface area contributed by atoms with E-state index in [0.717, 1.165) is 49.3 Å². The molecule has 0 N–H and O–H groups in total. The van der Waals surface area contributed by atoms with Crippen molar-refractivity contribution < 1.29 is 33.2 Å². The highest BCUT2D eigenvalue weighted by atomic mass is 16.5. The van der Waals surface area contributed by atoms with Crippen LogP contribution in [0.5, 0.6) is 5.75 Å². The molecule has 2 heterocycles. The Labute approximate surface area is 241 Å².